The Bertz CT molecular complexity index is 795. The minimum absolute atomic E-state index is 0.289. The first-order valence-corrected chi connectivity index (χ1v) is 8.81. The lowest BCUT2D eigenvalue weighted by molar-refractivity contribution is 0.0526. The zero-order valence-electron chi connectivity index (χ0n) is 15.9. The quantitative estimate of drug-likeness (QED) is 0.366. The molecule has 3 heteroatoms. The average Bonchev–Trinajstić information content (AvgIpc) is 2.61. The second-order valence-electron chi connectivity index (χ2n) is 6.29. The molecule has 3 nitrogen and oxygen atoms in total. The molecule has 0 saturated carbocycles. The normalized spacial score (nSPS) is 10.6. The molecular formula is C23H26O3. The van der Waals surface area contributed by atoms with Crippen LogP contribution in [0, 0.1) is 6.92 Å². The van der Waals surface area contributed by atoms with Gasteiger partial charge in [-0.25, -0.2) is 4.79 Å². The maximum atomic E-state index is 11.7. The van der Waals surface area contributed by atoms with Gasteiger partial charge in [0, 0.05) is 0 Å². The van der Waals surface area contributed by atoms with Crippen molar-refractivity contribution in [3.63, 3.8) is 0 Å². The number of aryl methyl sites for hydroxylation is 1. The Balaban J connectivity index is 2.03. The molecule has 0 N–H and O–H groups in total. The Labute approximate surface area is 156 Å². The van der Waals surface area contributed by atoms with Gasteiger partial charge in [0.1, 0.15) is 12.4 Å². The molecule has 0 radical (unpaired) electrons. The molecular weight excluding hydrogens is 324 g/mol. The predicted octanol–water partition coefficient (Wildman–Crippen LogP) is 5.69. The number of carbonyl (C=O) groups excluding carboxylic acids is 1. The minimum atomic E-state index is -0.289. The van der Waals surface area contributed by atoms with Crippen LogP contribution in [0.3, 0.4) is 0 Å². The number of ether oxygens (including phenoxy) is 2. The number of hydrogen-bond donors (Lipinski definition) is 0. The van der Waals surface area contributed by atoms with Crippen molar-refractivity contribution in [3.8, 4) is 5.75 Å². The van der Waals surface area contributed by atoms with Crippen molar-refractivity contribution in [2.24, 2.45) is 0 Å². The highest BCUT2D eigenvalue weighted by Crippen LogP contribution is 2.20. The van der Waals surface area contributed by atoms with Gasteiger partial charge in [-0.05, 0) is 74.7 Å². The summed E-state index contributed by atoms with van der Waals surface area (Å²) >= 11 is 0. The SMILES string of the molecule is CCOC(=O)c1ccc(C=Cc2ccc(OCC=C(C)C)cc2C)cc1. The third kappa shape index (κ3) is 5.92. The third-order valence-electron chi connectivity index (χ3n) is 3.86. The van der Waals surface area contributed by atoms with Gasteiger partial charge < -0.3 is 9.47 Å². The van der Waals surface area contributed by atoms with E-state index in [0.29, 0.717) is 18.8 Å². The van der Waals surface area contributed by atoms with Crippen molar-refractivity contribution in [2.45, 2.75) is 27.7 Å². The van der Waals surface area contributed by atoms with Crippen LogP contribution in [0.4, 0.5) is 0 Å². The fraction of sp³-hybridized carbons (Fsp3) is 0.261. The molecule has 0 fully saturated rings. The number of benzene rings is 2. The fourth-order valence-electron chi connectivity index (χ4n) is 2.36. The van der Waals surface area contributed by atoms with Crippen LogP contribution >= 0.6 is 0 Å². The van der Waals surface area contributed by atoms with E-state index in [1.807, 2.05) is 30.3 Å². The van der Waals surface area contributed by atoms with E-state index in [1.54, 1.807) is 19.1 Å². The fourth-order valence-corrected chi connectivity index (χ4v) is 2.36. The molecule has 0 heterocycles. The van der Waals surface area contributed by atoms with Crippen molar-refractivity contribution in [2.75, 3.05) is 13.2 Å². The van der Waals surface area contributed by atoms with Gasteiger partial charge in [-0.15, -0.1) is 0 Å². The molecule has 0 aliphatic heterocycles. The van der Waals surface area contributed by atoms with Crippen LogP contribution in [-0.4, -0.2) is 19.2 Å². The molecule has 0 spiro atoms. The number of esters is 1. The largest absolute Gasteiger partial charge is 0.490 e. The van der Waals surface area contributed by atoms with Crippen LogP contribution in [0.1, 0.15) is 47.8 Å². The Morgan fingerprint density at radius 3 is 2.38 bits per heavy atom. The highest BCUT2D eigenvalue weighted by molar-refractivity contribution is 5.89. The van der Waals surface area contributed by atoms with E-state index < -0.39 is 0 Å². The van der Waals surface area contributed by atoms with E-state index in [2.05, 4.69) is 39.0 Å². The standard InChI is InChI=1S/C23H26O3/c1-5-25-23(24)21-10-7-19(8-11-21)6-9-20-12-13-22(16-18(20)4)26-15-14-17(2)3/h6-14,16H,5,15H2,1-4H3. The molecule has 2 aromatic rings. The first-order valence-electron chi connectivity index (χ1n) is 8.81. The molecule has 0 bridgehead atoms. The molecule has 136 valence electrons. The number of hydrogen-bond acceptors (Lipinski definition) is 3. The second-order valence-corrected chi connectivity index (χ2v) is 6.29. The van der Waals surface area contributed by atoms with Gasteiger partial charge in [0.05, 0.1) is 12.2 Å². The first kappa shape index (κ1) is 19.5. The van der Waals surface area contributed by atoms with E-state index in [0.717, 1.165) is 22.4 Å². The van der Waals surface area contributed by atoms with Crippen molar-refractivity contribution in [3.05, 3.63) is 76.4 Å². The van der Waals surface area contributed by atoms with Gasteiger partial charge >= 0.3 is 5.97 Å². The summed E-state index contributed by atoms with van der Waals surface area (Å²) in [5.74, 6) is 0.582. The molecule has 0 saturated heterocycles. The van der Waals surface area contributed by atoms with E-state index >= 15 is 0 Å². The monoisotopic (exact) mass is 350 g/mol. The molecule has 0 aliphatic rings. The Kier molecular flexibility index (Phi) is 7.22. The number of carbonyl (C=O) groups is 1. The molecule has 2 rings (SSSR count). The summed E-state index contributed by atoms with van der Waals surface area (Å²) in [7, 11) is 0. The van der Waals surface area contributed by atoms with E-state index in [1.165, 1.54) is 5.57 Å². The van der Waals surface area contributed by atoms with Crippen molar-refractivity contribution in [1.82, 2.24) is 0 Å². The third-order valence-corrected chi connectivity index (χ3v) is 3.86. The van der Waals surface area contributed by atoms with Crippen LogP contribution in [0.15, 0.2) is 54.1 Å². The van der Waals surface area contributed by atoms with Gasteiger partial charge in [-0.1, -0.05) is 35.9 Å². The van der Waals surface area contributed by atoms with Crippen molar-refractivity contribution < 1.29 is 14.3 Å². The lowest BCUT2D eigenvalue weighted by atomic mass is 10.1. The van der Waals surface area contributed by atoms with Crippen LogP contribution < -0.4 is 4.74 Å². The smallest absolute Gasteiger partial charge is 0.338 e. The minimum Gasteiger partial charge on any atom is -0.490 e. The van der Waals surface area contributed by atoms with Crippen molar-refractivity contribution in [1.29, 1.82) is 0 Å². The van der Waals surface area contributed by atoms with Crippen LogP contribution in [0.2, 0.25) is 0 Å². The summed E-state index contributed by atoms with van der Waals surface area (Å²) in [5, 5.41) is 0. The zero-order valence-corrected chi connectivity index (χ0v) is 15.9. The Hall–Kier alpha value is -2.81. The summed E-state index contributed by atoms with van der Waals surface area (Å²) in [5.41, 5.74) is 5.13. The first-order chi connectivity index (χ1) is 12.5. The maximum Gasteiger partial charge on any atom is 0.338 e. The molecule has 2 aromatic carbocycles. The highest BCUT2D eigenvalue weighted by atomic mass is 16.5. The number of allylic oxidation sites excluding steroid dienone is 1. The van der Waals surface area contributed by atoms with Crippen LogP contribution in [-0.2, 0) is 4.74 Å². The molecule has 0 unspecified atom stereocenters. The Morgan fingerprint density at radius 1 is 1.04 bits per heavy atom. The van der Waals surface area contributed by atoms with Gasteiger partial charge in [0.2, 0.25) is 0 Å². The average molecular weight is 350 g/mol. The van der Waals surface area contributed by atoms with Gasteiger partial charge in [0.15, 0.2) is 0 Å². The summed E-state index contributed by atoms with van der Waals surface area (Å²) < 4.78 is 10.7. The van der Waals surface area contributed by atoms with Crippen molar-refractivity contribution >= 4 is 18.1 Å². The van der Waals surface area contributed by atoms with Gasteiger partial charge in [0.25, 0.3) is 0 Å². The van der Waals surface area contributed by atoms with E-state index in [4.69, 9.17) is 9.47 Å². The van der Waals surface area contributed by atoms with E-state index in [9.17, 15) is 4.79 Å². The molecule has 0 aromatic heterocycles. The van der Waals surface area contributed by atoms with Gasteiger partial charge in [-0.3, -0.25) is 0 Å². The lowest BCUT2D eigenvalue weighted by Gasteiger charge is -2.07. The summed E-state index contributed by atoms with van der Waals surface area (Å²) in [6, 6.07) is 13.5. The molecule has 0 amide bonds. The van der Waals surface area contributed by atoms with Crippen LogP contribution in [0.5, 0.6) is 5.75 Å². The van der Waals surface area contributed by atoms with Crippen LogP contribution in [0.25, 0.3) is 12.2 Å². The number of rotatable bonds is 7. The maximum absolute atomic E-state index is 11.7. The van der Waals surface area contributed by atoms with E-state index in [-0.39, 0.29) is 5.97 Å². The molecule has 0 atom stereocenters. The highest BCUT2D eigenvalue weighted by Gasteiger charge is 2.04. The lowest BCUT2D eigenvalue weighted by Crippen LogP contribution is -2.03. The second kappa shape index (κ2) is 9.62. The predicted molar refractivity (Wildman–Crippen MR) is 107 cm³/mol. The zero-order chi connectivity index (χ0) is 18.9. The Morgan fingerprint density at radius 2 is 1.77 bits per heavy atom. The van der Waals surface area contributed by atoms with Gasteiger partial charge in [-0.2, -0.15) is 0 Å². The summed E-state index contributed by atoms with van der Waals surface area (Å²) in [6.45, 7) is 8.95. The summed E-state index contributed by atoms with van der Waals surface area (Å²) in [6.07, 6.45) is 6.15. The molecule has 0 aliphatic carbocycles. The molecule has 26 heavy (non-hydrogen) atoms. The topological polar surface area (TPSA) is 35.5 Å². The summed E-state index contributed by atoms with van der Waals surface area (Å²) in [4.78, 5) is 11.7.